The van der Waals surface area contributed by atoms with E-state index in [0.29, 0.717) is 10.1 Å². The Hall–Kier alpha value is -1.27. The molecule has 1 aromatic heterocycles. The van der Waals surface area contributed by atoms with E-state index in [4.69, 9.17) is 16.3 Å². The van der Waals surface area contributed by atoms with Crippen molar-refractivity contribution in [3.63, 3.8) is 0 Å². The summed E-state index contributed by atoms with van der Waals surface area (Å²) in [6, 6.07) is 3.20. The minimum atomic E-state index is -4.42. The number of hydrogen-bond donors (Lipinski definition) is 0. The maximum Gasteiger partial charge on any atom is 0.416 e. The van der Waals surface area contributed by atoms with Gasteiger partial charge in [-0.25, -0.2) is 0 Å². The van der Waals surface area contributed by atoms with Gasteiger partial charge in [-0.05, 0) is 29.8 Å². The second kappa shape index (κ2) is 4.44. The van der Waals surface area contributed by atoms with Crippen LogP contribution in [0.5, 0.6) is 5.75 Å². The summed E-state index contributed by atoms with van der Waals surface area (Å²) in [7, 11) is 1.34. The van der Waals surface area contributed by atoms with Crippen LogP contribution in [0, 0.1) is 0 Å². The summed E-state index contributed by atoms with van der Waals surface area (Å²) < 4.78 is 43.0. The van der Waals surface area contributed by atoms with Crippen LogP contribution in [-0.4, -0.2) is 12.4 Å². The highest BCUT2D eigenvalue weighted by Gasteiger charge is 2.31. The smallest absolute Gasteiger partial charge is 0.416 e. The molecule has 0 saturated heterocycles. The molecule has 0 radical (unpaired) electrons. The van der Waals surface area contributed by atoms with Gasteiger partial charge in [-0.1, -0.05) is 0 Å². The molecule has 0 amide bonds. The summed E-state index contributed by atoms with van der Waals surface area (Å²) in [5.74, 6) is 0.212. The van der Waals surface area contributed by atoms with Gasteiger partial charge in [0.05, 0.1) is 12.7 Å². The van der Waals surface area contributed by atoms with Gasteiger partial charge in [0.2, 0.25) is 0 Å². The summed E-state index contributed by atoms with van der Waals surface area (Å²) >= 11 is 6.24. The minimum Gasteiger partial charge on any atom is -0.494 e. The zero-order chi connectivity index (χ0) is 13.5. The second-order valence-corrected chi connectivity index (χ2v) is 4.84. The first-order chi connectivity index (χ1) is 8.34. The van der Waals surface area contributed by atoms with Gasteiger partial charge in [-0.2, -0.15) is 13.2 Å². The molecule has 0 aliphatic carbocycles. The van der Waals surface area contributed by atoms with Crippen molar-refractivity contribution in [1.29, 1.82) is 0 Å². The Morgan fingerprint density at radius 2 is 2.06 bits per heavy atom. The largest absolute Gasteiger partial charge is 0.494 e. The monoisotopic (exact) mass is 294 g/mol. The second-order valence-electron chi connectivity index (χ2n) is 3.45. The SMILES string of the molecule is COc1c(C(=O)Cl)sc2cc(C(F)(F)F)ccc12. The van der Waals surface area contributed by atoms with Gasteiger partial charge in [0.25, 0.3) is 5.24 Å². The zero-order valence-corrected chi connectivity index (χ0v) is 10.5. The van der Waals surface area contributed by atoms with Crippen molar-refractivity contribution in [2.45, 2.75) is 6.18 Å². The van der Waals surface area contributed by atoms with Gasteiger partial charge in [0.1, 0.15) is 10.6 Å². The van der Waals surface area contributed by atoms with Crippen LogP contribution in [0.25, 0.3) is 10.1 Å². The van der Waals surface area contributed by atoms with Gasteiger partial charge in [-0.3, -0.25) is 4.79 Å². The lowest BCUT2D eigenvalue weighted by molar-refractivity contribution is -0.137. The molecular formula is C11H6ClF3O2S. The molecule has 2 nitrogen and oxygen atoms in total. The zero-order valence-electron chi connectivity index (χ0n) is 8.97. The lowest BCUT2D eigenvalue weighted by Gasteiger charge is -2.06. The number of benzene rings is 1. The fraction of sp³-hybridized carbons (Fsp3) is 0.182. The predicted octanol–water partition coefficient (Wildman–Crippen LogP) is 4.31. The number of carbonyl (C=O) groups excluding carboxylic acids is 1. The Morgan fingerprint density at radius 3 is 2.56 bits per heavy atom. The fourth-order valence-electron chi connectivity index (χ4n) is 1.58. The highest BCUT2D eigenvalue weighted by Crippen LogP contribution is 2.41. The molecule has 0 aliphatic heterocycles. The number of thiophene rings is 1. The summed E-state index contributed by atoms with van der Waals surface area (Å²) in [4.78, 5) is 11.3. The molecule has 1 aromatic carbocycles. The predicted molar refractivity (Wildman–Crippen MR) is 63.6 cm³/mol. The number of ether oxygens (including phenoxy) is 1. The first-order valence-corrected chi connectivity index (χ1v) is 5.91. The van der Waals surface area contributed by atoms with Crippen LogP contribution < -0.4 is 4.74 Å². The van der Waals surface area contributed by atoms with E-state index < -0.39 is 17.0 Å². The first-order valence-electron chi connectivity index (χ1n) is 4.72. The number of rotatable bonds is 2. The molecule has 2 aromatic rings. The van der Waals surface area contributed by atoms with E-state index in [0.717, 1.165) is 23.5 Å². The Bertz CT molecular complexity index is 619. The highest BCUT2D eigenvalue weighted by atomic mass is 35.5. The average molecular weight is 295 g/mol. The maximum absolute atomic E-state index is 12.5. The molecule has 0 unspecified atom stereocenters. The quantitative estimate of drug-likeness (QED) is 0.772. The molecule has 0 N–H and O–H groups in total. The van der Waals surface area contributed by atoms with Crippen LogP contribution in [-0.2, 0) is 6.18 Å². The van der Waals surface area contributed by atoms with E-state index in [-0.39, 0.29) is 10.6 Å². The van der Waals surface area contributed by atoms with Crippen LogP contribution in [0.1, 0.15) is 15.2 Å². The van der Waals surface area contributed by atoms with E-state index in [1.807, 2.05) is 0 Å². The van der Waals surface area contributed by atoms with Crippen LogP contribution in [0.4, 0.5) is 13.2 Å². The van der Waals surface area contributed by atoms with Gasteiger partial charge >= 0.3 is 6.18 Å². The van der Waals surface area contributed by atoms with E-state index >= 15 is 0 Å². The molecule has 7 heteroatoms. The Balaban J connectivity index is 2.69. The van der Waals surface area contributed by atoms with Crippen molar-refractivity contribution >= 4 is 38.3 Å². The molecule has 18 heavy (non-hydrogen) atoms. The van der Waals surface area contributed by atoms with Crippen LogP contribution in [0.2, 0.25) is 0 Å². The number of methoxy groups -OCH3 is 1. The van der Waals surface area contributed by atoms with E-state index in [1.165, 1.54) is 13.2 Å². The standard InChI is InChI=1S/C11H6ClF3O2S/c1-17-8-6-3-2-5(11(13,14)15)4-7(6)18-9(8)10(12)16/h2-4H,1H3. The molecule has 0 saturated carbocycles. The average Bonchev–Trinajstić information content (AvgIpc) is 2.65. The van der Waals surface area contributed by atoms with Crippen LogP contribution in [0.15, 0.2) is 18.2 Å². The third kappa shape index (κ3) is 2.18. The summed E-state index contributed by atoms with van der Waals surface area (Å²) in [5.41, 5.74) is -0.771. The molecule has 1 heterocycles. The van der Waals surface area contributed by atoms with Crippen LogP contribution >= 0.6 is 22.9 Å². The molecule has 96 valence electrons. The van der Waals surface area contributed by atoms with E-state index in [2.05, 4.69) is 0 Å². The minimum absolute atomic E-state index is 0.105. The third-order valence-electron chi connectivity index (χ3n) is 2.35. The Labute approximate surface area is 109 Å². The fourth-order valence-corrected chi connectivity index (χ4v) is 2.83. The molecule has 0 fully saturated rings. The van der Waals surface area contributed by atoms with Gasteiger partial charge in [0.15, 0.2) is 0 Å². The highest BCUT2D eigenvalue weighted by molar-refractivity contribution is 7.22. The maximum atomic E-state index is 12.5. The van der Waals surface area contributed by atoms with Crippen molar-refractivity contribution < 1.29 is 22.7 Å². The molecular weight excluding hydrogens is 289 g/mol. The third-order valence-corrected chi connectivity index (χ3v) is 3.79. The van der Waals surface area contributed by atoms with Crippen molar-refractivity contribution in [3.8, 4) is 5.75 Å². The normalized spacial score (nSPS) is 11.8. The summed E-state index contributed by atoms with van der Waals surface area (Å²) in [6.45, 7) is 0. The molecule has 0 spiro atoms. The first kappa shape index (κ1) is 13.2. The van der Waals surface area contributed by atoms with Gasteiger partial charge in [0, 0.05) is 10.1 Å². The van der Waals surface area contributed by atoms with Gasteiger partial charge in [-0.15, -0.1) is 11.3 Å². The van der Waals surface area contributed by atoms with Crippen molar-refractivity contribution in [3.05, 3.63) is 28.6 Å². The topological polar surface area (TPSA) is 26.3 Å². The number of halogens is 4. The molecule has 0 aliphatic rings. The Morgan fingerprint density at radius 1 is 1.39 bits per heavy atom. The number of fused-ring (bicyclic) bond motifs is 1. The summed E-state index contributed by atoms with van der Waals surface area (Å²) in [6.07, 6.45) is -4.42. The van der Waals surface area contributed by atoms with E-state index in [1.54, 1.807) is 0 Å². The Kier molecular flexibility index (Phi) is 3.25. The van der Waals surface area contributed by atoms with Crippen molar-refractivity contribution in [1.82, 2.24) is 0 Å². The van der Waals surface area contributed by atoms with Crippen molar-refractivity contribution in [2.75, 3.05) is 7.11 Å². The molecule has 2 rings (SSSR count). The molecule has 0 bridgehead atoms. The van der Waals surface area contributed by atoms with Crippen molar-refractivity contribution in [2.24, 2.45) is 0 Å². The van der Waals surface area contributed by atoms with Crippen LogP contribution in [0.3, 0.4) is 0 Å². The number of alkyl halides is 3. The lowest BCUT2D eigenvalue weighted by Crippen LogP contribution is -2.03. The number of carbonyl (C=O) groups is 1. The molecule has 0 atom stereocenters. The summed E-state index contributed by atoms with van der Waals surface area (Å²) in [5, 5.41) is -0.305. The van der Waals surface area contributed by atoms with Gasteiger partial charge < -0.3 is 4.74 Å². The lowest BCUT2D eigenvalue weighted by atomic mass is 10.1. The van der Waals surface area contributed by atoms with E-state index in [9.17, 15) is 18.0 Å². The number of hydrogen-bond acceptors (Lipinski definition) is 3.